The second-order valence-electron chi connectivity index (χ2n) is 7.83. The summed E-state index contributed by atoms with van der Waals surface area (Å²) in [5, 5.41) is 13.7. The Morgan fingerprint density at radius 3 is 2.41 bits per heavy atom. The maximum absolute atomic E-state index is 13.2. The number of hydrogen-bond donors (Lipinski definition) is 1. The van der Waals surface area contributed by atoms with Crippen LogP contribution in [0.15, 0.2) is 54.1 Å². The zero-order valence-corrected chi connectivity index (χ0v) is 19.2. The van der Waals surface area contributed by atoms with Gasteiger partial charge in [0.05, 0.1) is 16.3 Å². The lowest BCUT2D eigenvalue weighted by Gasteiger charge is -2.26. The third kappa shape index (κ3) is 3.97. The van der Waals surface area contributed by atoms with Crippen LogP contribution in [0, 0.1) is 30.9 Å². The van der Waals surface area contributed by atoms with Crippen LogP contribution in [0.4, 0.5) is 16.2 Å². The topological polar surface area (TPSA) is 115 Å². The first kappa shape index (κ1) is 22.9. The summed E-state index contributed by atoms with van der Waals surface area (Å²) in [7, 11) is 0. The maximum Gasteiger partial charge on any atom is 0.335 e. The Morgan fingerprint density at radius 2 is 1.74 bits per heavy atom. The number of imide groups is 2. The highest BCUT2D eigenvalue weighted by Crippen LogP contribution is 2.29. The number of anilines is 1. The number of urea groups is 1. The molecule has 10 heteroatoms. The second-order valence-corrected chi connectivity index (χ2v) is 8.24. The van der Waals surface area contributed by atoms with Crippen molar-refractivity contribution in [2.75, 3.05) is 4.90 Å². The molecule has 0 aliphatic carbocycles. The molecule has 172 valence electrons. The van der Waals surface area contributed by atoms with Gasteiger partial charge in [0.1, 0.15) is 5.57 Å². The first-order valence-corrected chi connectivity index (χ1v) is 10.6. The van der Waals surface area contributed by atoms with Crippen molar-refractivity contribution in [3.05, 3.63) is 91.8 Å². The highest BCUT2D eigenvalue weighted by atomic mass is 35.5. The molecule has 1 N–H and O–H groups in total. The number of nitro benzene ring substituents is 1. The summed E-state index contributed by atoms with van der Waals surface area (Å²) in [6.07, 6.45) is 1.41. The number of hydrogen-bond acceptors (Lipinski definition) is 5. The molecular weight excluding hydrogens is 460 g/mol. The molecule has 34 heavy (non-hydrogen) atoms. The van der Waals surface area contributed by atoms with Gasteiger partial charge in [0, 0.05) is 28.5 Å². The smallest absolute Gasteiger partial charge is 0.318 e. The minimum Gasteiger partial charge on any atom is -0.318 e. The molecule has 0 saturated carbocycles. The standard InChI is InChI=1S/C24H19ClN4O5/c1-13-7-8-18(12-21(13)25)28-23(31)20(22(30)26-24(28)32)10-16-9-14(2)27(15(16)3)17-5-4-6-19(11-17)29(33)34/h4-12H,1-3H3,(H,26,30,32)/b20-10-. The predicted molar refractivity (Wildman–Crippen MR) is 127 cm³/mol. The monoisotopic (exact) mass is 478 g/mol. The molecule has 4 amide bonds. The molecule has 3 aromatic rings. The van der Waals surface area contributed by atoms with Gasteiger partial charge in [-0.2, -0.15) is 0 Å². The molecule has 1 fully saturated rings. The fourth-order valence-electron chi connectivity index (χ4n) is 3.85. The summed E-state index contributed by atoms with van der Waals surface area (Å²) < 4.78 is 1.78. The summed E-state index contributed by atoms with van der Waals surface area (Å²) in [5.74, 6) is -1.60. The van der Waals surface area contributed by atoms with Crippen LogP contribution in [0.1, 0.15) is 22.5 Å². The summed E-state index contributed by atoms with van der Waals surface area (Å²) in [5.41, 5.74) is 3.25. The number of carbonyl (C=O) groups excluding carboxylic acids is 3. The molecule has 2 aromatic carbocycles. The van der Waals surface area contributed by atoms with Crippen molar-refractivity contribution in [2.45, 2.75) is 20.8 Å². The Kier molecular flexibility index (Phi) is 5.80. The predicted octanol–water partition coefficient (Wildman–Crippen LogP) is 4.63. The van der Waals surface area contributed by atoms with Gasteiger partial charge in [-0.3, -0.25) is 25.0 Å². The Morgan fingerprint density at radius 1 is 1.00 bits per heavy atom. The van der Waals surface area contributed by atoms with E-state index >= 15 is 0 Å². The number of nitrogens with one attached hydrogen (secondary N) is 1. The molecular formula is C24H19ClN4O5. The van der Waals surface area contributed by atoms with Crippen LogP contribution in [0.25, 0.3) is 11.8 Å². The van der Waals surface area contributed by atoms with Crippen molar-refractivity contribution in [1.29, 1.82) is 0 Å². The molecule has 2 heterocycles. The highest BCUT2D eigenvalue weighted by Gasteiger charge is 2.37. The van der Waals surface area contributed by atoms with E-state index < -0.39 is 22.8 Å². The van der Waals surface area contributed by atoms with Gasteiger partial charge in [0.25, 0.3) is 17.5 Å². The van der Waals surface area contributed by atoms with Gasteiger partial charge >= 0.3 is 6.03 Å². The van der Waals surface area contributed by atoms with Gasteiger partial charge < -0.3 is 4.57 Å². The number of amides is 4. The van der Waals surface area contributed by atoms with E-state index in [1.54, 1.807) is 55.7 Å². The molecule has 1 saturated heterocycles. The number of non-ortho nitro benzene ring substituents is 1. The number of benzene rings is 2. The van der Waals surface area contributed by atoms with E-state index in [-0.39, 0.29) is 16.9 Å². The lowest BCUT2D eigenvalue weighted by molar-refractivity contribution is -0.384. The van der Waals surface area contributed by atoms with Gasteiger partial charge in [0.2, 0.25) is 0 Å². The average molecular weight is 479 g/mol. The molecule has 0 atom stereocenters. The van der Waals surface area contributed by atoms with E-state index in [2.05, 4.69) is 5.32 Å². The summed E-state index contributed by atoms with van der Waals surface area (Å²) >= 11 is 6.16. The van der Waals surface area contributed by atoms with Crippen molar-refractivity contribution < 1.29 is 19.3 Å². The summed E-state index contributed by atoms with van der Waals surface area (Å²) in [6, 6.07) is 11.8. The quantitative estimate of drug-likeness (QED) is 0.254. The van der Waals surface area contributed by atoms with E-state index in [0.717, 1.165) is 16.2 Å². The first-order valence-electron chi connectivity index (χ1n) is 10.2. The van der Waals surface area contributed by atoms with Gasteiger partial charge in [-0.1, -0.05) is 23.7 Å². The van der Waals surface area contributed by atoms with E-state index in [9.17, 15) is 24.5 Å². The Bertz CT molecular complexity index is 1420. The Hall–Kier alpha value is -4.24. The van der Waals surface area contributed by atoms with Crippen LogP contribution in [-0.4, -0.2) is 27.3 Å². The zero-order valence-electron chi connectivity index (χ0n) is 18.5. The number of halogens is 1. The van der Waals surface area contributed by atoms with E-state index in [0.29, 0.717) is 22.0 Å². The van der Waals surface area contributed by atoms with Gasteiger partial charge in [-0.25, -0.2) is 9.69 Å². The van der Waals surface area contributed by atoms with E-state index in [1.165, 1.54) is 24.3 Å². The van der Waals surface area contributed by atoms with Crippen molar-refractivity contribution in [1.82, 2.24) is 9.88 Å². The molecule has 0 radical (unpaired) electrons. The number of aryl methyl sites for hydroxylation is 2. The van der Waals surface area contributed by atoms with Crippen molar-refractivity contribution >= 4 is 46.9 Å². The van der Waals surface area contributed by atoms with Crippen LogP contribution in [0.3, 0.4) is 0 Å². The fourth-order valence-corrected chi connectivity index (χ4v) is 4.02. The maximum atomic E-state index is 13.2. The number of nitrogens with zero attached hydrogens (tertiary/aromatic N) is 3. The fraction of sp³-hybridized carbons (Fsp3) is 0.125. The number of nitro groups is 1. The molecule has 1 aliphatic rings. The Labute approximate surface area is 199 Å². The van der Waals surface area contributed by atoms with E-state index in [4.69, 9.17) is 11.6 Å². The molecule has 9 nitrogen and oxygen atoms in total. The number of barbiturate groups is 1. The normalized spacial score (nSPS) is 15.1. The van der Waals surface area contributed by atoms with Gasteiger partial charge in [0.15, 0.2) is 0 Å². The largest absolute Gasteiger partial charge is 0.335 e. The molecule has 1 aliphatic heterocycles. The summed E-state index contributed by atoms with van der Waals surface area (Å²) in [6.45, 7) is 5.36. The van der Waals surface area contributed by atoms with Gasteiger partial charge in [-0.15, -0.1) is 0 Å². The van der Waals surface area contributed by atoms with Crippen LogP contribution >= 0.6 is 11.6 Å². The molecule has 0 bridgehead atoms. The van der Waals surface area contributed by atoms with Crippen LogP contribution in [0.5, 0.6) is 0 Å². The Balaban J connectivity index is 1.77. The van der Waals surface area contributed by atoms with Crippen LogP contribution in [0.2, 0.25) is 5.02 Å². The average Bonchev–Trinajstić information content (AvgIpc) is 3.06. The third-order valence-corrected chi connectivity index (χ3v) is 5.99. The van der Waals surface area contributed by atoms with Crippen molar-refractivity contribution in [3.8, 4) is 5.69 Å². The summed E-state index contributed by atoms with van der Waals surface area (Å²) in [4.78, 5) is 49.8. The number of carbonyl (C=O) groups is 3. The van der Waals surface area contributed by atoms with Crippen LogP contribution < -0.4 is 10.2 Å². The number of rotatable bonds is 4. The molecule has 1 aromatic heterocycles. The SMILES string of the molecule is Cc1ccc(N2C(=O)NC(=O)/C(=C/c3cc(C)n(-c4cccc([N+](=O)[O-])c4)c3C)C2=O)cc1Cl. The minimum atomic E-state index is -0.867. The van der Waals surface area contributed by atoms with Crippen molar-refractivity contribution in [2.24, 2.45) is 0 Å². The number of aromatic nitrogens is 1. The third-order valence-electron chi connectivity index (χ3n) is 5.58. The molecule has 4 rings (SSSR count). The first-order chi connectivity index (χ1) is 16.1. The lowest BCUT2D eigenvalue weighted by Crippen LogP contribution is -2.54. The molecule has 0 spiro atoms. The second kappa shape index (κ2) is 8.60. The lowest BCUT2D eigenvalue weighted by atomic mass is 10.1. The van der Waals surface area contributed by atoms with Crippen molar-refractivity contribution in [3.63, 3.8) is 0 Å². The zero-order chi connectivity index (χ0) is 24.7. The van der Waals surface area contributed by atoms with Crippen LogP contribution in [-0.2, 0) is 9.59 Å². The minimum absolute atomic E-state index is 0.0577. The highest BCUT2D eigenvalue weighted by molar-refractivity contribution is 6.39. The molecule has 0 unspecified atom stereocenters. The van der Waals surface area contributed by atoms with E-state index in [1.807, 2.05) is 0 Å². The van der Waals surface area contributed by atoms with Gasteiger partial charge in [-0.05, 0) is 62.2 Å².